The van der Waals surface area contributed by atoms with Crippen molar-refractivity contribution in [2.75, 3.05) is 0 Å². The van der Waals surface area contributed by atoms with Crippen LogP contribution >= 0.6 is 15.9 Å². The van der Waals surface area contributed by atoms with Crippen LogP contribution in [0.25, 0.3) is 11.3 Å². The summed E-state index contributed by atoms with van der Waals surface area (Å²) in [7, 11) is 0. The number of aromatic nitrogens is 3. The van der Waals surface area contributed by atoms with Gasteiger partial charge in [-0.05, 0) is 34.5 Å². The molecule has 0 radical (unpaired) electrons. The lowest BCUT2D eigenvalue weighted by molar-refractivity contribution is 0.638. The minimum Gasteiger partial charge on any atom is -0.298 e. The average molecular weight is 294 g/mol. The molecule has 88 valence electrons. The predicted molar refractivity (Wildman–Crippen MR) is 69.7 cm³/mol. The zero-order valence-corrected chi connectivity index (χ0v) is 11.0. The van der Waals surface area contributed by atoms with Crippen LogP contribution in [-0.2, 0) is 6.54 Å². The lowest BCUT2D eigenvalue weighted by Gasteiger charge is -2.07. The number of halogens is 1. The standard InChI is InChI=1S/C12H12BrN3O/c1-2-7-16-8-15-11(10(13)12(16)17)9-3-5-14-6-4-9/h3-6,8H,2,7H2,1H3. The molecule has 4 nitrogen and oxygen atoms in total. The van der Waals surface area contributed by atoms with E-state index >= 15 is 0 Å². The molecule has 2 heterocycles. The highest BCUT2D eigenvalue weighted by molar-refractivity contribution is 9.10. The van der Waals surface area contributed by atoms with E-state index < -0.39 is 0 Å². The van der Waals surface area contributed by atoms with Crippen LogP contribution in [0.1, 0.15) is 13.3 Å². The largest absolute Gasteiger partial charge is 0.298 e. The molecule has 0 aromatic carbocycles. The third-order valence-electron chi connectivity index (χ3n) is 2.40. The highest BCUT2D eigenvalue weighted by Crippen LogP contribution is 2.21. The van der Waals surface area contributed by atoms with E-state index in [4.69, 9.17) is 0 Å². The van der Waals surface area contributed by atoms with Crippen molar-refractivity contribution in [3.8, 4) is 11.3 Å². The molecule has 2 aromatic heterocycles. The molecule has 0 spiro atoms. The van der Waals surface area contributed by atoms with Gasteiger partial charge in [0, 0.05) is 24.5 Å². The Morgan fingerprint density at radius 2 is 2.06 bits per heavy atom. The maximum Gasteiger partial charge on any atom is 0.268 e. The van der Waals surface area contributed by atoms with E-state index in [-0.39, 0.29) is 5.56 Å². The molecule has 0 N–H and O–H groups in total. The number of hydrogen-bond donors (Lipinski definition) is 0. The molecule has 0 amide bonds. The monoisotopic (exact) mass is 293 g/mol. The second kappa shape index (κ2) is 5.23. The molecule has 2 rings (SSSR count). The highest BCUT2D eigenvalue weighted by Gasteiger charge is 2.10. The van der Waals surface area contributed by atoms with Crippen molar-refractivity contribution in [1.29, 1.82) is 0 Å². The molecule has 2 aromatic rings. The summed E-state index contributed by atoms with van der Waals surface area (Å²) in [6.07, 6.45) is 5.86. The first-order valence-corrected chi connectivity index (χ1v) is 6.18. The Bertz CT molecular complexity index is 566. The van der Waals surface area contributed by atoms with Gasteiger partial charge in [-0.2, -0.15) is 0 Å². The Morgan fingerprint density at radius 1 is 1.35 bits per heavy atom. The maximum atomic E-state index is 12.0. The predicted octanol–water partition coefficient (Wildman–Crippen LogP) is 2.48. The Labute approximate surface area is 107 Å². The van der Waals surface area contributed by atoms with Crippen LogP contribution in [-0.4, -0.2) is 14.5 Å². The normalized spacial score (nSPS) is 10.5. The van der Waals surface area contributed by atoms with Gasteiger partial charge in [0.2, 0.25) is 0 Å². The van der Waals surface area contributed by atoms with Crippen molar-refractivity contribution in [3.05, 3.63) is 45.7 Å². The van der Waals surface area contributed by atoms with Gasteiger partial charge in [-0.25, -0.2) is 4.98 Å². The summed E-state index contributed by atoms with van der Waals surface area (Å²) in [4.78, 5) is 20.3. The Morgan fingerprint density at radius 3 is 2.71 bits per heavy atom. The quantitative estimate of drug-likeness (QED) is 0.873. The number of rotatable bonds is 3. The highest BCUT2D eigenvalue weighted by atomic mass is 79.9. The van der Waals surface area contributed by atoms with Crippen LogP contribution in [0.15, 0.2) is 40.1 Å². The van der Waals surface area contributed by atoms with Gasteiger partial charge in [-0.3, -0.25) is 14.3 Å². The van der Waals surface area contributed by atoms with Gasteiger partial charge in [0.25, 0.3) is 5.56 Å². The topological polar surface area (TPSA) is 47.8 Å². The second-order valence-electron chi connectivity index (χ2n) is 3.64. The van der Waals surface area contributed by atoms with Crippen molar-refractivity contribution in [2.45, 2.75) is 19.9 Å². The number of aryl methyl sites for hydroxylation is 1. The van der Waals surface area contributed by atoms with E-state index in [2.05, 4.69) is 25.9 Å². The number of pyridine rings is 1. The van der Waals surface area contributed by atoms with Crippen LogP contribution < -0.4 is 5.56 Å². The molecule has 0 aliphatic rings. The summed E-state index contributed by atoms with van der Waals surface area (Å²) < 4.78 is 2.11. The second-order valence-corrected chi connectivity index (χ2v) is 4.43. The van der Waals surface area contributed by atoms with E-state index in [9.17, 15) is 4.79 Å². The summed E-state index contributed by atoms with van der Waals surface area (Å²) in [6, 6.07) is 3.66. The molecule has 0 aliphatic heterocycles. The molecule has 0 atom stereocenters. The molecular weight excluding hydrogens is 282 g/mol. The third-order valence-corrected chi connectivity index (χ3v) is 3.12. The van der Waals surface area contributed by atoms with E-state index in [0.29, 0.717) is 16.7 Å². The van der Waals surface area contributed by atoms with E-state index in [1.807, 2.05) is 19.1 Å². The summed E-state index contributed by atoms with van der Waals surface area (Å²) >= 11 is 3.32. The van der Waals surface area contributed by atoms with Crippen LogP contribution in [0.3, 0.4) is 0 Å². The van der Waals surface area contributed by atoms with Gasteiger partial charge in [-0.15, -0.1) is 0 Å². The molecule has 17 heavy (non-hydrogen) atoms. The SMILES string of the molecule is CCCn1cnc(-c2ccncc2)c(Br)c1=O. The first kappa shape index (κ1) is 12.0. The van der Waals surface area contributed by atoms with Crippen molar-refractivity contribution in [3.63, 3.8) is 0 Å². The van der Waals surface area contributed by atoms with Crippen molar-refractivity contribution >= 4 is 15.9 Å². The fourth-order valence-electron chi connectivity index (χ4n) is 1.58. The molecule has 0 aliphatic carbocycles. The lowest BCUT2D eigenvalue weighted by atomic mass is 10.2. The van der Waals surface area contributed by atoms with Gasteiger partial charge in [0.15, 0.2) is 0 Å². The van der Waals surface area contributed by atoms with Gasteiger partial charge < -0.3 is 0 Å². The maximum absolute atomic E-state index is 12.0. The Hall–Kier alpha value is -1.49. The smallest absolute Gasteiger partial charge is 0.268 e. The summed E-state index contributed by atoms with van der Waals surface area (Å²) in [6.45, 7) is 2.71. The van der Waals surface area contributed by atoms with Gasteiger partial charge in [0.1, 0.15) is 4.47 Å². The van der Waals surface area contributed by atoms with E-state index in [1.165, 1.54) is 0 Å². The van der Waals surface area contributed by atoms with Crippen LogP contribution in [0.5, 0.6) is 0 Å². The van der Waals surface area contributed by atoms with Crippen molar-refractivity contribution < 1.29 is 0 Å². The van der Waals surface area contributed by atoms with Crippen molar-refractivity contribution in [2.24, 2.45) is 0 Å². The molecule has 0 saturated heterocycles. The summed E-state index contributed by atoms with van der Waals surface area (Å²) in [5.41, 5.74) is 1.49. The van der Waals surface area contributed by atoms with Crippen molar-refractivity contribution in [1.82, 2.24) is 14.5 Å². The molecule has 0 fully saturated rings. The molecule has 5 heteroatoms. The molecule has 0 saturated carbocycles. The van der Waals surface area contributed by atoms with Gasteiger partial charge in [0.05, 0.1) is 12.0 Å². The zero-order chi connectivity index (χ0) is 12.3. The minimum absolute atomic E-state index is 0.0475. The van der Waals surface area contributed by atoms with Crippen LogP contribution in [0.2, 0.25) is 0 Å². The fourth-order valence-corrected chi connectivity index (χ4v) is 2.13. The van der Waals surface area contributed by atoms with Gasteiger partial charge >= 0.3 is 0 Å². The Kier molecular flexibility index (Phi) is 3.68. The zero-order valence-electron chi connectivity index (χ0n) is 9.43. The number of nitrogens with zero attached hydrogens (tertiary/aromatic N) is 3. The summed E-state index contributed by atoms with van der Waals surface area (Å²) in [5, 5.41) is 0. The molecule has 0 unspecified atom stereocenters. The van der Waals surface area contributed by atoms with Crippen LogP contribution in [0.4, 0.5) is 0 Å². The third kappa shape index (κ3) is 2.44. The van der Waals surface area contributed by atoms with Crippen LogP contribution in [0, 0.1) is 0 Å². The lowest BCUT2D eigenvalue weighted by Crippen LogP contribution is -2.21. The first-order valence-electron chi connectivity index (χ1n) is 5.39. The Balaban J connectivity index is 2.52. The molecule has 0 bridgehead atoms. The van der Waals surface area contributed by atoms with Gasteiger partial charge in [-0.1, -0.05) is 6.92 Å². The average Bonchev–Trinajstić information content (AvgIpc) is 2.36. The first-order chi connectivity index (χ1) is 8.24. The number of hydrogen-bond acceptors (Lipinski definition) is 3. The summed E-state index contributed by atoms with van der Waals surface area (Å²) in [5.74, 6) is 0. The van der Waals surface area contributed by atoms with E-state index in [0.717, 1.165) is 12.0 Å². The fraction of sp³-hybridized carbons (Fsp3) is 0.250. The van der Waals surface area contributed by atoms with E-state index in [1.54, 1.807) is 23.3 Å². The minimum atomic E-state index is -0.0475. The molecular formula is C12H12BrN3O.